The Balaban J connectivity index is 1.31. The highest BCUT2D eigenvalue weighted by molar-refractivity contribution is 6.58. The molecule has 28 heavy (non-hydrogen) atoms. The van der Waals surface area contributed by atoms with Gasteiger partial charge in [0, 0.05) is 8.80 Å². The molecule has 0 unspecified atom stereocenters. The van der Waals surface area contributed by atoms with Crippen molar-refractivity contribution < 1.29 is 8.78 Å². The van der Waals surface area contributed by atoms with Crippen LogP contribution in [0.3, 0.4) is 0 Å². The average Bonchev–Trinajstić information content (AvgIpc) is 2.71. The fourth-order valence-corrected chi connectivity index (χ4v) is 9.41. The minimum atomic E-state index is -0.638. The number of halogens is 3. The van der Waals surface area contributed by atoms with E-state index in [-0.39, 0.29) is 13.8 Å². The maximum absolute atomic E-state index is 13.5. The lowest BCUT2D eigenvalue weighted by molar-refractivity contribution is 0.184. The molecule has 0 bridgehead atoms. The van der Waals surface area contributed by atoms with Crippen LogP contribution in [0, 0.1) is 29.4 Å². The van der Waals surface area contributed by atoms with Gasteiger partial charge in [0.1, 0.15) is 16.7 Å². The smallest absolute Gasteiger partial charge is 0.145 e. The molecule has 1 aromatic carbocycles. The predicted octanol–water partition coefficient (Wildman–Crippen LogP) is 8.18. The SMILES string of the molecule is CCC[Si@H]1CC[C@H]([C@H]2CC[C@H](CCCCc3cc(F)c(Cl)c(F)c3)CC2)CC1. The molecule has 0 aromatic heterocycles. The second kappa shape index (κ2) is 11.1. The molecule has 1 aliphatic carbocycles. The third-order valence-corrected chi connectivity index (χ3v) is 11.6. The molecule has 158 valence electrons. The van der Waals surface area contributed by atoms with Crippen LogP contribution < -0.4 is 0 Å². The molecule has 1 saturated heterocycles. The van der Waals surface area contributed by atoms with Gasteiger partial charge in [0.25, 0.3) is 0 Å². The molecule has 1 heterocycles. The van der Waals surface area contributed by atoms with E-state index in [1.807, 2.05) is 0 Å². The molecule has 1 saturated carbocycles. The van der Waals surface area contributed by atoms with E-state index in [4.69, 9.17) is 11.6 Å². The summed E-state index contributed by atoms with van der Waals surface area (Å²) in [5.74, 6) is 1.65. The van der Waals surface area contributed by atoms with Crippen LogP contribution in [-0.4, -0.2) is 8.80 Å². The number of rotatable bonds is 8. The molecule has 3 rings (SSSR count). The molecule has 1 aromatic rings. The van der Waals surface area contributed by atoms with Crippen molar-refractivity contribution in [3.63, 3.8) is 0 Å². The van der Waals surface area contributed by atoms with Gasteiger partial charge in [-0.1, -0.05) is 81.6 Å². The molecule has 0 atom stereocenters. The van der Waals surface area contributed by atoms with Gasteiger partial charge in [0.2, 0.25) is 0 Å². The molecule has 0 radical (unpaired) electrons. The molecule has 2 fully saturated rings. The van der Waals surface area contributed by atoms with Crippen LogP contribution in [0.25, 0.3) is 0 Å². The first-order chi connectivity index (χ1) is 13.6. The van der Waals surface area contributed by atoms with Gasteiger partial charge in [-0.15, -0.1) is 0 Å². The van der Waals surface area contributed by atoms with Gasteiger partial charge in [-0.3, -0.25) is 0 Å². The van der Waals surface area contributed by atoms with Crippen molar-refractivity contribution in [1.29, 1.82) is 0 Å². The molecule has 0 spiro atoms. The molecule has 0 nitrogen and oxygen atoms in total. The van der Waals surface area contributed by atoms with Gasteiger partial charge in [-0.25, -0.2) is 8.78 Å². The van der Waals surface area contributed by atoms with Crippen molar-refractivity contribution in [2.45, 2.75) is 95.7 Å². The summed E-state index contributed by atoms with van der Waals surface area (Å²) in [6.45, 7) is 2.35. The molecule has 0 N–H and O–H groups in total. The normalized spacial score (nSPS) is 28.4. The number of hydrogen-bond acceptors (Lipinski definition) is 0. The van der Waals surface area contributed by atoms with Crippen LogP contribution in [0.5, 0.6) is 0 Å². The van der Waals surface area contributed by atoms with Crippen LogP contribution in [-0.2, 0) is 6.42 Å². The van der Waals surface area contributed by atoms with Crippen LogP contribution in [0.15, 0.2) is 12.1 Å². The lowest BCUT2D eigenvalue weighted by Crippen LogP contribution is -2.28. The lowest BCUT2D eigenvalue weighted by Gasteiger charge is -2.37. The van der Waals surface area contributed by atoms with Gasteiger partial charge in [-0.05, 0) is 61.1 Å². The van der Waals surface area contributed by atoms with Crippen molar-refractivity contribution in [1.82, 2.24) is 0 Å². The third-order valence-electron chi connectivity index (χ3n) is 7.52. The summed E-state index contributed by atoms with van der Waals surface area (Å²) in [5, 5.41) is -0.387. The van der Waals surface area contributed by atoms with Crippen molar-refractivity contribution in [2.75, 3.05) is 0 Å². The van der Waals surface area contributed by atoms with E-state index >= 15 is 0 Å². The zero-order chi connectivity index (χ0) is 19.9. The van der Waals surface area contributed by atoms with Gasteiger partial charge in [-0.2, -0.15) is 0 Å². The van der Waals surface area contributed by atoms with Gasteiger partial charge in [0.15, 0.2) is 0 Å². The summed E-state index contributed by atoms with van der Waals surface area (Å²) >= 11 is 5.55. The Morgan fingerprint density at radius 1 is 0.929 bits per heavy atom. The number of aryl methyl sites for hydroxylation is 1. The zero-order valence-corrected chi connectivity index (χ0v) is 19.4. The van der Waals surface area contributed by atoms with E-state index in [1.165, 1.54) is 50.7 Å². The monoisotopic (exact) mass is 426 g/mol. The summed E-state index contributed by atoms with van der Waals surface area (Å²) in [7, 11) is -0.340. The van der Waals surface area contributed by atoms with Crippen molar-refractivity contribution in [3.05, 3.63) is 34.4 Å². The standard InChI is InChI=1S/C24H37ClF2Si/c1-2-13-28-14-11-21(12-15-28)20-9-7-18(8-10-20)5-3-4-6-19-16-22(26)24(25)23(27)17-19/h16-18,20-21,28H,2-15H2,1H3/t18-,20-,21-,28-. The predicted molar refractivity (Wildman–Crippen MR) is 119 cm³/mol. The number of benzene rings is 1. The van der Waals surface area contributed by atoms with E-state index in [0.29, 0.717) is 0 Å². The Hall–Kier alpha value is -0.413. The Morgan fingerprint density at radius 3 is 2.14 bits per heavy atom. The van der Waals surface area contributed by atoms with Gasteiger partial charge < -0.3 is 0 Å². The molecular weight excluding hydrogens is 390 g/mol. The van der Waals surface area contributed by atoms with Crippen molar-refractivity contribution in [3.8, 4) is 0 Å². The minimum absolute atomic E-state index is 0.340. The highest BCUT2D eigenvalue weighted by atomic mass is 35.5. The molecular formula is C24H37ClF2Si. The molecule has 0 amide bonds. The largest absolute Gasteiger partial charge is 0.205 e. The Morgan fingerprint density at radius 2 is 1.54 bits per heavy atom. The summed E-state index contributed by atoms with van der Waals surface area (Å²) in [5.41, 5.74) is 0.727. The molecule has 4 heteroatoms. The van der Waals surface area contributed by atoms with E-state index < -0.39 is 11.6 Å². The lowest BCUT2D eigenvalue weighted by atomic mass is 9.73. The quantitative estimate of drug-likeness (QED) is 0.223. The summed E-state index contributed by atoms with van der Waals surface area (Å²) in [6.07, 6.45) is 14.4. The fourth-order valence-electron chi connectivity index (χ4n) is 5.82. The third kappa shape index (κ3) is 6.29. The van der Waals surface area contributed by atoms with Crippen LogP contribution in [0.2, 0.25) is 23.2 Å². The van der Waals surface area contributed by atoms with E-state index in [2.05, 4.69) is 6.92 Å². The van der Waals surface area contributed by atoms with Crippen LogP contribution in [0.1, 0.15) is 76.7 Å². The Bertz CT molecular complexity index is 582. The summed E-state index contributed by atoms with van der Waals surface area (Å²) in [4.78, 5) is 0. The Kier molecular flexibility index (Phi) is 8.84. The van der Waals surface area contributed by atoms with E-state index in [0.717, 1.165) is 42.6 Å². The molecule has 2 aliphatic rings. The summed E-state index contributed by atoms with van der Waals surface area (Å²) in [6, 6.07) is 7.58. The van der Waals surface area contributed by atoms with E-state index in [9.17, 15) is 8.78 Å². The maximum Gasteiger partial charge on any atom is 0.145 e. The maximum atomic E-state index is 13.5. The molecule has 1 aliphatic heterocycles. The van der Waals surface area contributed by atoms with E-state index in [1.54, 1.807) is 31.0 Å². The Labute approximate surface area is 177 Å². The fraction of sp³-hybridized carbons (Fsp3) is 0.750. The number of hydrogen-bond donors (Lipinski definition) is 0. The van der Waals surface area contributed by atoms with Crippen molar-refractivity contribution >= 4 is 20.4 Å². The summed E-state index contributed by atoms with van der Waals surface area (Å²) < 4.78 is 27.0. The van der Waals surface area contributed by atoms with Gasteiger partial charge >= 0.3 is 0 Å². The second-order valence-corrected chi connectivity index (χ2v) is 13.3. The first-order valence-corrected chi connectivity index (χ1v) is 14.5. The van der Waals surface area contributed by atoms with Crippen molar-refractivity contribution in [2.24, 2.45) is 17.8 Å². The van der Waals surface area contributed by atoms with Crippen LogP contribution >= 0.6 is 11.6 Å². The average molecular weight is 427 g/mol. The minimum Gasteiger partial charge on any atom is -0.205 e. The second-order valence-electron chi connectivity index (χ2n) is 9.47. The highest BCUT2D eigenvalue weighted by Crippen LogP contribution is 2.42. The van der Waals surface area contributed by atoms with Gasteiger partial charge in [0.05, 0.1) is 0 Å². The number of unbranched alkanes of at least 4 members (excludes halogenated alkanes) is 1. The first kappa shape index (κ1) is 22.3. The van der Waals surface area contributed by atoms with Crippen LogP contribution in [0.4, 0.5) is 8.78 Å². The zero-order valence-electron chi connectivity index (χ0n) is 17.5. The highest BCUT2D eigenvalue weighted by Gasteiger charge is 2.30. The first-order valence-electron chi connectivity index (χ1n) is 11.7. The topological polar surface area (TPSA) is 0 Å².